The van der Waals surface area contributed by atoms with Crippen LogP contribution in [0.4, 0.5) is 8.78 Å². The van der Waals surface area contributed by atoms with Crippen LogP contribution in [0.1, 0.15) is 12.5 Å². The van der Waals surface area contributed by atoms with Crippen molar-refractivity contribution >= 4 is 5.97 Å². The maximum absolute atomic E-state index is 13.3. The Kier molecular flexibility index (Phi) is 5.22. The summed E-state index contributed by atoms with van der Waals surface area (Å²) in [4.78, 5) is 11.5. The maximum atomic E-state index is 13.3. The molecule has 0 aliphatic heterocycles. The monoisotopic (exact) mass is 305 g/mol. The Labute approximate surface area is 127 Å². The molecule has 0 aliphatic rings. The van der Waals surface area contributed by atoms with E-state index in [-0.39, 0.29) is 6.61 Å². The molecule has 0 heterocycles. The van der Waals surface area contributed by atoms with Gasteiger partial charge >= 0.3 is 5.97 Å². The van der Waals surface area contributed by atoms with Crippen LogP contribution in [-0.2, 0) is 16.0 Å². The van der Waals surface area contributed by atoms with E-state index < -0.39 is 23.6 Å². The van der Waals surface area contributed by atoms with Gasteiger partial charge in [0.05, 0.1) is 6.61 Å². The molecule has 0 spiro atoms. The molecule has 0 aromatic heterocycles. The summed E-state index contributed by atoms with van der Waals surface area (Å²) in [6.45, 7) is 2.00. The van der Waals surface area contributed by atoms with E-state index in [1.165, 1.54) is 6.07 Å². The standard InChI is InChI=1S/C17H17F2NO2/c1-2-22-17(21)16(20)9-11-4-3-5-12(8-11)13-6-7-14(18)15(19)10-13/h3-8,10,16H,2,9,20H2,1H3. The van der Waals surface area contributed by atoms with E-state index in [4.69, 9.17) is 10.5 Å². The van der Waals surface area contributed by atoms with E-state index in [1.54, 1.807) is 25.1 Å². The van der Waals surface area contributed by atoms with Crippen LogP contribution >= 0.6 is 0 Å². The molecule has 1 atom stereocenters. The predicted octanol–water partition coefficient (Wildman–Crippen LogP) is 3.06. The molecular formula is C17H17F2NO2. The summed E-state index contributed by atoms with van der Waals surface area (Å²) in [5, 5.41) is 0. The number of hydrogen-bond donors (Lipinski definition) is 1. The first-order valence-electron chi connectivity index (χ1n) is 6.98. The summed E-state index contributed by atoms with van der Waals surface area (Å²) in [5.74, 6) is -2.24. The largest absolute Gasteiger partial charge is 0.465 e. The number of halogens is 2. The smallest absolute Gasteiger partial charge is 0.323 e. The van der Waals surface area contributed by atoms with Gasteiger partial charge in [-0.3, -0.25) is 4.79 Å². The molecule has 0 saturated heterocycles. The van der Waals surface area contributed by atoms with Crippen LogP contribution in [0.5, 0.6) is 0 Å². The second-order valence-electron chi connectivity index (χ2n) is 4.89. The van der Waals surface area contributed by atoms with Crippen molar-refractivity contribution in [3.8, 4) is 11.1 Å². The van der Waals surface area contributed by atoms with E-state index in [1.807, 2.05) is 6.07 Å². The van der Waals surface area contributed by atoms with Crippen LogP contribution in [-0.4, -0.2) is 18.6 Å². The first kappa shape index (κ1) is 16.1. The number of esters is 1. The third-order valence-corrected chi connectivity index (χ3v) is 3.22. The molecule has 0 radical (unpaired) electrons. The van der Waals surface area contributed by atoms with Crippen LogP contribution in [0.3, 0.4) is 0 Å². The van der Waals surface area contributed by atoms with Crippen LogP contribution in [0, 0.1) is 11.6 Å². The number of carbonyl (C=O) groups is 1. The highest BCUT2D eigenvalue weighted by molar-refractivity contribution is 5.76. The van der Waals surface area contributed by atoms with Crippen LogP contribution < -0.4 is 5.73 Å². The minimum absolute atomic E-state index is 0.279. The van der Waals surface area contributed by atoms with E-state index in [0.717, 1.165) is 23.3 Å². The zero-order chi connectivity index (χ0) is 16.1. The molecule has 0 bridgehead atoms. The van der Waals surface area contributed by atoms with Crippen molar-refractivity contribution in [1.82, 2.24) is 0 Å². The zero-order valence-corrected chi connectivity index (χ0v) is 12.2. The lowest BCUT2D eigenvalue weighted by molar-refractivity contribution is -0.144. The molecule has 0 aliphatic carbocycles. The molecular weight excluding hydrogens is 288 g/mol. The number of benzene rings is 2. The first-order valence-corrected chi connectivity index (χ1v) is 6.98. The lowest BCUT2D eigenvalue weighted by Crippen LogP contribution is -2.34. The summed E-state index contributed by atoms with van der Waals surface area (Å²) in [6, 6.07) is 10.2. The molecule has 5 heteroatoms. The van der Waals surface area contributed by atoms with E-state index in [9.17, 15) is 13.6 Å². The quantitative estimate of drug-likeness (QED) is 0.864. The highest BCUT2D eigenvalue weighted by Crippen LogP contribution is 2.23. The van der Waals surface area contributed by atoms with Gasteiger partial charge < -0.3 is 10.5 Å². The lowest BCUT2D eigenvalue weighted by atomic mass is 9.99. The highest BCUT2D eigenvalue weighted by atomic mass is 19.2. The van der Waals surface area contributed by atoms with Crippen molar-refractivity contribution in [3.63, 3.8) is 0 Å². The minimum Gasteiger partial charge on any atom is -0.465 e. The molecule has 2 aromatic carbocycles. The Morgan fingerprint density at radius 2 is 1.86 bits per heavy atom. The van der Waals surface area contributed by atoms with Gasteiger partial charge in [0.1, 0.15) is 6.04 Å². The molecule has 1 unspecified atom stereocenters. The normalized spacial score (nSPS) is 12.0. The van der Waals surface area contributed by atoms with E-state index in [2.05, 4.69) is 0 Å². The maximum Gasteiger partial charge on any atom is 0.323 e. The molecule has 3 nitrogen and oxygen atoms in total. The number of ether oxygens (including phenoxy) is 1. The predicted molar refractivity (Wildman–Crippen MR) is 80.1 cm³/mol. The average molecular weight is 305 g/mol. The van der Waals surface area contributed by atoms with Crippen molar-refractivity contribution in [2.24, 2.45) is 5.73 Å². The van der Waals surface area contributed by atoms with Gasteiger partial charge in [-0.2, -0.15) is 0 Å². The van der Waals surface area contributed by atoms with Gasteiger partial charge in [-0.1, -0.05) is 30.3 Å². The molecule has 2 rings (SSSR count). The Bertz CT molecular complexity index is 673. The van der Waals surface area contributed by atoms with Gasteiger partial charge in [-0.05, 0) is 42.2 Å². The molecule has 2 N–H and O–H groups in total. The van der Waals surface area contributed by atoms with Gasteiger partial charge in [-0.25, -0.2) is 8.78 Å². The van der Waals surface area contributed by atoms with E-state index >= 15 is 0 Å². The summed E-state index contributed by atoms with van der Waals surface area (Å²) >= 11 is 0. The fourth-order valence-electron chi connectivity index (χ4n) is 2.14. The van der Waals surface area contributed by atoms with Crippen molar-refractivity contribution in [3.05, 3.63) is 59.7 Å². The Balaban J connectivity index is 2.19. The Hall–Kier alpha value is -2.27. The molecule has 22 heavy (non-hydrogen) atoms. The zero-order valence-electron chi connectivity index (χ0n) is 12.2. The topological polar surface area (TPSA) is 52.3 Å². The summed E-state index contributed by atoms with van der Waals surface area (Å²) in [6.07, 6.45) is 0.316. The number of nitrogens with two attached hydrogens (primary N) is 1. The van der Waals surface area contributed by atoms with Crippen LogP contribution in [0.15, 0.2) is 42.5 Å². The second kappa shape index (κ2) is 7.13. The fourth-order valence-corrected chi connectivity index (χ4v) is 2.14. The van der Waals surface area contributed by atoms with Crippen molar-refractivity contribution in [2.75, 3.05) is 6.61 Å². The third-order valence-electron chi connectivity index (χ3n) is 3.22. The van der Waals surface area contributed by atoms with Crippen LogP contribution in [0.25, 0.3) is 11.1 Å². The first-order chi connectivity index (χ1) is 10.5. The van der Waals surface area contributed by atoms with Gasteiger partial charge in [0, 0.05) is 0 Å². The average Bonchev–Trinajstić information content (AvgIpc) is 2.50. The van der Waals surface area contributed by atoms with E-state index in [0.29, 0.717) is 12.0 Å². The summed E-state index contributed by atoms with van der Waals surface area (Å²) in [7, 11) is 0. The highest BCUT2D eigenvalue weighted by Gasteiger charge is 2.15. The molecule has 2 aromatic rings. The SMILES string of the molecule is CCOC(=O)C(N)Cc1cccc(-c2ccc(F)c(F)c2)c1. The second-order valence-corrected chi connectivity index (χ2v) is 4.89. The van der Waals surface area contributed by atoms with Gasteiger partial charge in [0.25, 0.3) is 0 Å². The van der Waals surface area contributed by atoms with Crippen molar-refractivity contribution < 1.29 is 18.3 Å². The van der Waals surface area contributed by atoms with Gasteiger partial charge in [0.2, 0.25) is 0 Å². The number of carbonyl (C=O) groups excluding carboxylic acids is 1. The van der Waals surface area contributed by atoms with Crippen LogP contribution in [0.2, 0.25) is 0 Å². The minimum atomic E-state index is -0.897. The van der Waals surface area contributed by atoms with Crippen molar-refractivity contribution in [2.45, 2.75) is 19.4 Å². The van der Waals surface area contributed by atoms with Gasteiger partial charge in [0.15, 0.2) is 11.6 Å². The molecule has 0 fully saturated rings. The van der Waals surface area contributed by atoms with Gasteiger partial charge in [-0.15, -0.1) is 0 Å². The van der Waals surface area contributed by atoms with Crippen molar-refractivity contribution in [1.29, 1.82) is 0 Å². The molecule has 116 valence electrons. The lowest BCUT2D eigenvalue weighted by Gasteiger charge is -2.11. The number of rotatable bonds is 5. The number of hydrogen-bond acceptors (Lipinski definition) is 3. The summed E-state index contributed by atoms with van der Waals surface area (Å²) in [5.41, 5.74) is 7.90. The Morgan fingerprint density at radius 3 is 2.55 bits per heavy atom. The fraction of sp³-hybridized carbons (Fsp3) is 0.235. The summed E-state index contributed by atoms with van der Waals surface area (Å²) < 4.78 is 31.2. The Morgan fingerprint density at radius 1 is 1.14 bits per heavy atom. The molecule has 0 amide bonds. The molecule has 0 saturated carbocycles. The third kappa shape index (κ3) is 3.89.